The number of hydrogen-bond donors (Lipinski definition) is 2. The van der Waals surface area contributed by atoms with Crippen LogP contribution in [-0.4, -0.2) is 22.4 Å². The molecular weight excluding hydrogens is 290 g/mol. The molecule has 1 aliphatic rings. The lowest BCUT2D eigenvalue weighted by Crippen LogP contribution is -2.22. The third-order valence-electron chi connectivity index (χ3n) is 3.22. The first-order chi connectivity index (χ1) is 9.72. The monoisotopic (exact) mass is 305 g/mol. The van der Waals surface area contributed by atoms with E-state index in [-0.39, 0.29) is 11.8 Å². The van der Waals surface area contributed by atoms with Gasteiger partial charge in [-0.2, -0.15) is 11.8 Å². The van der Waals surface area contributed by atoms with E-state index in [0.29, 0.717) is 10.8 Å². The first-order valence-corrected chi connectivity index (χ1v) is 8.46. The van der Waals surface area contributed by atoms with E-state index in [2.05, 4.69) is 10.3 Å². The zero-order valence-corrected chi connectivity index (χ0v) is 12.5. The SMILES string of the molecule is Nc1cccc(-c2csc(NC(=O)C3CCSC3)n2)c1. The Balaban J connectivity index is 1.72. The molecule has 0 saturated carbocycles. The molecule has 4 nitrogen and oxygen atoms in total. The first kappa shape index (κ1) is 13.5. The van der Waals surface area contributed by atoms with Crippen molar-refractivity contribution in [2.75, 3.05) is 22.6 Å². The second kappa shape index (κ2) is 5.85. The molecule has 1 aromatic heterocycles. The van der Waals surface area contributed by atoms with E-state index in [1.807, 2.05) is 41.4 Å². The van der Waals surface area contributed by atoms with Gasteiger partial charge in [0.05, 0.1) is 5.69 Å². The van der Waals surface area contributed by atoms with Gasteiger partial charge in [-0.3, -0.25) is 4.79 Å². The zero-order valence-electron chi connectivity index (χ0n) is 10.8. The van der Waals surface area contributed by atoms with Gasteiger partial charge in [-0.15, -0.1) is 11.3 Å². The molecule has 1 fully saturated rings. The number of rotatable bonds is 3. The molecule has 1 aliphatic heterocycles. The number of carbonyl (C=O) groups excluding carboxylic acids is 1. The van der Waals surface area contributed by atoms with Gasteiger partial charge < -0.3 is 11.1 Å². The number of nitrogens with zero attached hydrogens (tertiary/aromatic N) is 1. The molecular formula is C14H15N3OS2. The zero-order chi connectivity index (χ0) is 13.9. The van der Waals surface area contributed by atoms with E-state index >= 15 is 0 Å². The van der Waals surface area contributed by atoms with E-state index in [9.17, 15) is 4.79 Å². The van der Waals surface area contributed by atoms with Crippen molar-refractivity contribution in [1.29, 1.82) is 0 Å². The number of aromatic nitrogens is 1. The molecule has 104 valence electrons. The number of nitrogens with two attached hydrogens (primary N) is 1. The molecule has 20 heavy (non-hydrogen) atoms. The Morgan fingerprint density at radius 3 is 3.10 bits per heavy atom. The summed E-state index contributed by atoms with van der Waals surface area (Å²) in [5.41, 5.74) is 8.30. The van der Waals surface area contributed by atoms with Gasteiger partial charge in [0.25, 0.3) is 0 Å². The number of nitrogens with one attached hydrogen (secondary N) is 1. The highest BCUT2D eigenvalue weighted by Gasteiger charge is 2.23. The van der Waals surface area contributed by atoms with Gasteiger partial charge in [0, 0.05) is 28.3 Å². The van der Waals surface area contributed by atoms with Gasteiger partial charge in [0.15, 0.2) is 5.13 Å². The predicted molar refractivity (Wildman–Crippen MR) is 86.0 cm³/mol. The Labute approximate surface area is 125 Å². The Hall–Kier alpha value is -1.53. The number of thioether (sulfide) groups is 1. The van der Waals surface area contributed by atoms with Crippen molar-refractivity contribution in [2.45, 2.75) is 6.42 Å². The van der Waals surface area contributed by atoms with Crippen LogP contribution in [0.25, 0.3) is 11.3 Å². The van der Waals surface area contributed by atoms with Gasteiger partial charge >= 0.3 is 0 Å². The largest absolute Gasteiger partial charge is 0.399 e. The maximum absolute atomic E-state index is 12.0. The third-order valence-corrected chi connectivity index (χ3v) is 5.14. The predicted octanol–water partition coefficient (Wildman–Crippen LogP) is 3.08. The lowest BCUT2D eigenvalue weighted by molar-refractivity contribution is -0.119. The van der Waals surface area contributed by atoms with Gasteiger partial charge in [-0.25, -0.2) is 4.98 Å². The van der Waals surface area contributed by atoms with Crippen LogP contribution in [0, 0.1) is 5.92 Å². The van der Waals surface area contributed by atoms with E-state index in [1.165, 1.54) is 11.3 Å². The number of anilines is 2. The summed E-state index contributed by atoms with van der Waals surface area (Å²) in [5.74, 6) is 2.20. The van der Waals surface area contributed by atoms with Crippen molar-refractivity contribution >= 4 is 39.8 Å². The molecule has 6 heteroatoms. The summed E-state index contributed by atoms with van der Waals surface area (Å²) in [7, 11) is 0. The number of benzene rings is 1. The molecule has 0 aliphatic carbocycles. The Kier molecular flexibility index (Phi) is 3.93. The standard InChI is InChI=1S/C14H15N3OS2/c15-11-3-1-2-9(6-11)12-8-20-14(16-12)17-13(18)10-4-5-19-7-10/h1-3,6,8,10H,4-5,7,15H2,(H,16,17,18). The van der Waals surface area contributed by atoms with Crippen molar-refractivity contribution in [2.24, 2.45) is 5.92 Å². The summed E-state index contributed by atoms with van der Waals surface area (Å²) in [5, 5.41) is 5.51. The second-order valence-corrected chi connectivity index (χ2v) is 6.72. The Bertz CT molecular complexity index is 620. The minimum atomic E-state index is 0.0866. The van der Waals surface area contributed by atoms with Gasteiger partial charge in [0.2, 0.25) is 5.91 Å². The number of thiazole rings is 1. The van der Waals surface area contributed by atoms with Gasteiger partial charge in [-0.1, -0.05) is 12.1 Å². The van der Waals surface area contributed by atoms with Crippen LogP contribution in [0.4, 0.5) is 10.8 Å². The van der Waals surface area contributed by atoms with Crippen LogP contribution in [0.2, 0.25) is 0 Å². The second-order valence-electron chi connectivity index (χ2n) is 4.71. The topological polar surface area (TPSA) is 68.0 Å². The van der Waals surface area contributed by atoms with Crippen LogP contribution in [0.3, 0.4) is 0 Å². The molecule has 1 aromatic carbocycles. The molecule has 2 heterocycles. The summed E-state index contributed by atoms with van der Waals surface area (Å²) in [4.78, 5) is 16.5. The van der Waals surface area contributed by atoms with Crippen molar-refractivity contribution in [3.8, 4) is 11.3 Å². The molecule has 1 amide bonds. The van der Waals surface area contributed by atoms with E-state index < -0.39 is 0 Å². The van der Waals surface area contributed by atoms with Crippen LogP contribution in [-0.2, 0) is 4.79 Å². The lowest BCUT2D eigenvalue weighted by atomic mass is 10.1. The highest BCUT2D eigenvalue weighted by molar-refractivity contribution is 7.99. The van der Waals surface area contributed by atoms with Crippen molar-refractivity contribution in [3.63, 3.8) is 0 Å². The fraction of sp³-hybridized carbons (Fsp3) is 0.286. The van der Waals surface area contributed by atoms with Crippen LogP contribution in [0.15, 0.2) is 29.6 Å². The molecule has 3 rings (SSSR count). The lowest BCUT2D eigenvalue weighted by Gasteiger charge is -2.06. The summed E-state index contributed by atoms with van der Waals surface area (Å²) in [6.45, 7) is 0. The molecule has 1 unspecified atom stereocenters. The maximum Gasteiger partial charge on any atom is 0.230 e. The summed E-state index contributed by atoms with van der Waals surface area (Å²) in [6.07, 6.45) is 0.962. The normalized spacial score (nSPS) is 18.1. The van der Waals surface area contributed by atoms with Crippen molar-refractivity contribution in [3.05, 3.63) is 29.6 Å². The van der Waals surface area contributed by atoms with E-state index in [1.54, 1.807) is 0 Å². The average molecular weight is 305 g/mol. The number of hydrogen-bond acceptors (Lipinski definition) is 5. The number of amides is 1. The quantitative estimate of drug-likeness (QED) is 0.855. The Morgan fingerprint density at radius 1 is 1.45 bits per heavy atom. The van der Waals surface area contributed by atoms with E-state index in [4.69, 9.17) is 5.73 Å². The van der Waals surface area contributed by atoms with Crippen LogP contribution in [0.5, 0.6) is 0 Å². The third kappa shape index (κ3) is 2.96. The summed E-state index contributed by atoms with van der Waals surface area (Å²) in [6, 6.07) is 7.59. The van der Waals surface area contributed by atoms with Crippen molar-refractivity contribution < 1.29 is 4.79 Å². The highest BCUT2D eigenvalue weighted by atomic mass is 32.2. The molecule has 1 atom stereocenters. The van der Waals surface area contributed by atoms with Crippen molar-refractivity contribution in [1.82, 2.24) is 4.98 Å². The highest BCUT2D eigenvalue weighted by Crippen LogP contribution is 2.28. The molecule has 3 N–H and O–H groups in total. The minimum Gasteiger partial charge on any atom is -0.399 e. The molecule has 2 aromatic rings. The molecule has 1 saturated heterocycles. The fourth-order valence-electron chi connectivity index (χ4n) is 2.11. The molecule has 0 spiro atoms. The maximum atomic E-state index is 12.0. The number of carbonyl (C=O) groups is 1. The Morgan fingerprint density at radius 2 is 2.35 bits per heavy atom. The number of nitrogen functional groups attached to an aromatic ring is 1. The molecule has 0 radical (unpaired) electrons. The minimum absolute atomic E-state index is 0.0866. The van der Waals surface area contributed by atoms with Crippen LogP contribution < -0.4 is 11.1 Å². The first-order valence-electron chi connectivity index (χ1n) is 6.42. The van der Waals surface area contributed by atoms with Gasteiger partial charge in [-0.05, 0) is 24.3 Å². The fourth-order valence-corrected chi connectivity index (χ4v) is 4.05. The van der Waals surface area contributed by atoms with E-state index in [0.717, 1.165) is 29.2 Å². The molecule has 0 bridgehead atoms. The van der Waals surface area contributed by atoms with Crippen LogP contribution in [0.1, 0.15) is 6.42 Å². The van der Waals surface area contributed by atoms with Gasteiger partial charge in [0.1, 0.15) is 0 Å². The average Bonchev–Trinajstić information content (AvgIpc) is 3.10. The smallest absolute Gasteiger partial charge is 0.230 e. The summed E-state index contributed by atoms with van der Waals surface area (Å²) < 4.78 is 0. The van der Waals surface area contributed by atoms with Crippen LogP contribution >= 0.6 is 23.1 Å². The summed E-state index contributed by atoms with van der Waals surface area (Å²) >= 11 is 3.28.